The Morgan fingerprint density at radius 3 is 3.00 bits per heavy atom. The minimum absolute atomic E-state index is 0.119. The molecule has 0 aromatic heterocycles. The first-order valence-electron chi connectivity index (χ1n) is 6.29. The number of para-hydroxylation sites is 1. The van der Waals surface area contributed by atoms with Gasteiger partial charge in [-0.3, -0.25) is 4.90 Å². The number of nitrogens with zero attached hydrogens (tertiary/aromatic N) is 2. The van der Waals surface area contributed by atoms with Gasteiger partial charge in [0.15, 0.2) is 5.84 Å². The molecule has 6 nitrogen and oxygen atoms in total. The van der Waals surface area contributed by atoms with Crippen molar-refractivity contribution in [2.24, 2.45) is 10.9 Å². The lowest BCUT2D eigenvalue weighted by Gasteiger charge is -2.31. The van der Waals surface area contributed by atoms with Crippen molar-refractivity contribution in [3.63, 3.8) is 0 Å². The quantitative estimate of drug-likeness (QED) is 0.351. The Kier molecular flexibility index (Phi) is 5.00. The summed E-state index contributed by atoms with van der Waals surface area (Å²) < 4.78 is 11.1. The van der Waals surface area contributed by atoms with Crippen molar-refractivity contribution in [1.82, 2.24) is 4.90 Å². The van der Waals surface area contributed by atoms with E-state index in [0.717, 1.165) is 18.8 Å². The normalized spacial score (nSPS) is 21.3. The molecule has 1 aromatic carbocycles. The van der Waals surface area contributed by atoms with E-state index in [-0.39, 0.29) is 11.9 Å². The van der Waals surface area contributed by atoms with Crippen LogP contribution in [-0.2, 0) is 4.74 Å². The van der Waals surface area contributed by atoms with Crippen molar-refractivity contribution < 1.29 is 14.7 Å². The molecule has 1 fully saturated rings. The number of oxime groups is 1. The van der Waals surface area contributed by atoms with Crippen molar-refractivity contribution in [2.45, 2.75) is 6.10 Å². The van der Waals surface area contributed by atoms with Crippen LogP contribution in [0.2, 0.25) is 0 Å². The molecule has 1 aliphatic rings. The molecule has 2 rings (SSSR count). The van der Waals surface area contributed by atoms with Crippen LogP contribution in [0.4, 0.5) is 0 Å². The third-order valence-electron chi connectivity index (χ3n) is 3.02. The van der Waals surface area contributed by atoms with Gasteiger partial charge in [0.1, 0.15) is 18.5 Å². The Balaban J connectivity index is 1.74. The molecule has 0 amide bonds. The summed E-state index contributed by atoms with van der Waals surface area (Å²) in [5.41, 5.74) is 5.55. The first-order chi connectivity index (χ1) is 9.29. The fraction of sp³-hybridized carbons (Fsp3) is 0.462. The van der Waals surface area contributed by atoms with Crippen LogP contribution >= 0.6 is 0 Å². The Morgan fingerprint density at radius 1 is 1.47 bits per heavy atom. The van der Waals surface area contributed by atoms with Gasteiger partial charge in [0, 0.05) is 19.6 Å². The van der Waals surface area contributed by atoms with Gasteiger partial charge in [-0.05, 0) is 12.1 Å². The van der Waals surface area contributed by atoms with Crippen LogP contribution in [0.25, 0.3) is 0 Å². The highest BCUT2D eigenvalue weighted by molar-refractivity contribution is 5.84. The largest absolute Gasteiger partial charge is 0.492 e. The summed E-state index contributed by atoms with van der Waals surface area (Å²) in [6.45, 7) is 3.41. The maximum absolute atomic E-state index is 8.64. The van der Waals surface area contributed by atoms with Crippen LogP contribution in [0.15, 0.2) is 35.5 Å². The first-order valence-corrected chi connectivity index (χ1v) is 6.29. The number of benzene rings is 1. The molecule has 1 aliphatic heterocycles. The third kappa shape index (κ3) is 4.11. The summed E-state index contributed by atoms with van der Waals surface area (Å²) >= 11 is 0. The summed E-state index contributed by atoms with van der Waals surface area (Å²) in [6.07, 6.45) is -0.338. The van der Waals surface area contributed by atoms with Gasteiger partial charge in [-0.1, -0.05) is 23.4 Å². The van der Waals surface area contributed by atoms with Gasteiger partial charge in [0.25, 0.3) is 0 Å². The zero-order valence-corrected chi connectivity index (χ0v) is 10.7. The average Bonchev–Trinajstić information content (AvgIpc) is 2.48. The lowest BCUT2D eigenvalue weighted by atomic mass is 10.2. The Bertz CT molecular complexity index is 411. The summed E-state index contributed by atoms with van der Waals surface area (Å²) in [6, 6.07) is 9.70. The molecular formula is C13H19N3O3. The maximum Gasteiger partial charge on any atom is 0.169 e. The molecule has 104 valence electrons. The van der Waals surface area contributed by atoms with Crippen LogP contribution in [0.5, 0.6) is 5.75 Å². The van der Waals surface area contributed by atoms with E-state index in [1.165, 1.54) is 0 Å². The number of rotatable bonds is 5. The van der Waals surface area contributed by atoms with Gasteiger partial charge in [0.2, 0.25) is 0 Å². The summed E-state index contributed by atoms with van der Waals surface area (Å²) in [5.74, 6) is 0.984. The molecule has 6 heteroatoms. The second-order valence-electron chi connectivity index (χ2n) is 4.35. The van der Waals surface area contributed by atoms with Gasteiger partial charge in [0.05, 0.1) is 6.61 Å². The summed E-state index contributed by atoms with van der Waals surface area (Å²) in [4.78, 5) is 2.18. The van der Waals surface area contributed by atoms with E-state index in [1.807, 2.05) is 30.3 Å². The van der Waals surface area contributed by atoms with Gasteiger partial charge in [-0.2, -0.15) is 0 Å². The number of amidine groups is 1. The molecule has 1 saturated heterocycles. The molecule has 0 radical (unpaired) electrons. The van der Waals surface area contributed by atoms with Crippen LogP contribution in [0, 0.1) is 0 Å². The van der Waals surface area contributed by atoms with Crippen LogP contribution in [0.3, 0.4) is 0 Å². The topological polar surface area (TPSA) is 80.3 Å². The fourth-order valence-corrected chi connectivity index (χ4v) is 1.96. The van der Waals surface area contributed by atoms with E-state index < -0.39 is 0 Å². The molecule has 1 atom stereocenters. The van der Waals surface area contributed by atoms with Gasteiger partial charge >= 0.3 is 0 Å². The minimum Gasteiger partial charge on any atom is -0.492 e. The minimum atomic E-state index is -0.338. The van der Waals surface area contributed by atoms with E-state index in [9.17, 15) is 0 Å². The average molecular weight is 265 g/mol. The number of ether oxygens (including phenoxy) is 2. The highest BCUT2D eigenvalue weighted by atomic mass is 16.5. The molecule has 0 bridgehead atoms. The first kappa shape index (κ1) is 13.6. The van der Waals surface area contributed by atoms with E-state index in [1.54, 1.807) is 0 Å². The van der Waals surface area contributed by atoms with Crippen LogP contribution in [-0.4, -0.2) is 54.9 Å². The van der Waals surface area contributed by atoms with Crippen LogP contribution < -0.4 is 10.5 Å². The standard InChI is InChI=1S/C13H19N3O3/c14-13(15-17)12-10-16(7-9-19-12)6-8-18-11-4-2-1-3-5-11/h1-5,12,17H,6-10H2,(H2,14,15). The van der Waals surface area contributed by atoms with Crippen molar-refractivity contribution in [1.29, 1.82) is 0 Å². The second-order valence-corrected chi connectivity index (χ2v) is 4.35. The van der Waals surface area contributed by atoms with E-state index in [4.69, 9.17) is 20.4 Å². The Morgan fingerprint density at radius 2 is 2.26 bits per heavy atom. The van der Waals surface area contributed by atoms with Crippen molar-refractivity contribution in [3.05, 3.63) is 30.3 Å². The smallest absolute Gasteiger partial charge is 0.169 e. The van der Waals surface area contributed by atoms with Crippen LogP contribution in [0.1, 0.15) is 0 Å². The lowest BCUT2D eigenvalue weighted by Crippen LogP contribution is -2.49. The monoisotopic (exact) mass is 265 g/mol. The molecule has 1 unspecified atom stereocenters. The lowest BCUT2D eigenvalue weighted by molar-refractivity contribution is 0.000650. The second kappa shape index (κ2) is 6.96. The molecule has 0 aliphatic carbocycles. The number of hydrogen-bond donors (Lipinski definition) is 2. The highest BCUT2D eigenvalue weighted by Gasteiger charge is 2.23. The molecule has 1 aromatic rings. The molecule has 1 heterocycles. The van der Waals surface area contributed by atoms with Gasteiger partial charge in [-0.25, -0.2) is 0 Å². The van der Waals surface area contributed by atoms with E-state index >= 15 is 0 Å². The maximum atomic E-state index is 8.64. The van der Waals surface area contributed by atoms with Gasteiger partial charge < -0.3 is 20.4 Å². The number of hydrogen-bond acceptors (Lipinski definition) is 5. The van der Waals surface area contributed by atoms with Crippen molar-refractivity contribution >= 4 is 5.84 Å². The Hall–Kier alpha value is -1.79. The predicted molar refractivity (Wildman–Crippen MR) is 71.5 cm³/mol. The summed E-state index contributed by atoms with van der Waals surface area (Å²) in [7, 11) is 0. The SMILES string of the molecule is NC(=NO)C1CN(CCOc2ccccc2)CCO1. The van der Waals surface area contributed by atoms with Crippen molar-refractivity contribution in [3.8, 4) is 5.75 Å². The van der Waals surface area contributed by atoms with Crippen molar-refractivity contribution in [2.75, 3.05) is 32.8 Å². The summed E-state index contributed by atoms with van der Waals surface area (Å²) in [5, 5.41) is 11.6. The van der Waals surface area contributed by atoms with E-state index in [0.29, 0.717) is 19.8 Å². The number of morpholine rings is 1. The third-order valence-corrected chi connectivity index (χ3v) is 3.02. The zero-order valence-electron chi connectivity index (χ0n) is 10.7. The molecule has 0 spiro atoms. The fourth-order valence-electron chi connectivity index (χ4n) is 1.96. The van der Waals surface area contributed by atoms with E-state index in [2.05, 4.69) is 10.1 Å². The van der Waals surface area contributed by atoms with Gasteiger partial charge in [-0.15, -0.1) is 0 Å². The molecule has 3 N–H and O–H groups in total. The highest BCUT2D eigenvalue weighted by Crippen LogP contribution is 2.09. The number of nitrogens with two attached hydrogens (primary N) is 1. The molecule has 19 heavy (non-hydrogen) atoms. The molecule has 0 saturated carbocycles. The zero-order chi connectivity index (χ0) is 13.5. The predicted octanol–water partition coefficient (Wildman–Crippen LogP) is 0.513. The molecular weight excluding hydrogens is 246 g/mol. The Labute approximate surface area is 112 Å².